The van der Waals surface area contributed by atoms with Crippen molar-refractivity contribution in [2.75, 3.05) is 0 Å². The van der Waals surface area contributed by atoms with Crippen LogP contribution in [0.3, 0.4) is 0 Å². The maximum Gasteiger partial charge on any atom is 0.409 e. The first-order valence-electron chi connectivity index (χ1n) is 8.92. The van der Waals surface area contributed by atoms with Gasteiger partial charge in [0, 0.05) is 11.6 Å². The van der Waals surface area contributed by atoms with E-state index in [2.05, 4.69) is 0 Å². The number of halogens is 7. The average Bonchev–Trinajstić information content (AvgIpc) is 2.66. The lowest BCUT2D eigenvalue weighted by molar-refractivity contribution is -0.0790. The molecule has 0 saturated heterocycles. The van der Waals surface area contributed by atoms with E-state index >= 15 is 0 Å². The van der Waals surface area contributed by atoms with Gasteiger partial charge in [-0.05, 0) is 59.0 Å². The van der Waals surface area contributed by atoms with E-state index in [1.807, 2.05) is 19.1 Å². The van der Waals surface area contributed by atoms with Crippen molar-refractivity contribution >= 4 is 6.08 Å². The second-order valence-corrected chi connectivity index (χ2v) is 6.59. The van der Waals surface area contributed by atoms with Crippen LogP contribution in [0.4, 0.5) is 30.7 Å². The number of aryl methyl sites for hydroxylation is 1. The van der Waals surface area contributed by atoms with E-state index in [0.717, 1.165) is 24.1 Å². The van der Waals surface area contributed by atoms with Crippen LogP contribution in [0, 0.1) is 23.3 Å². The van der Waals surface area contributed by atoms with Crippen molar-refractivity contribution in [1.29, 1.82) is 0 Å². The van der Waals surface area contributed by atoms with Crippen molar-refractivity contribution in [1.82, 2.24) is 0 Å². The molecule has 3 aromatic rings. The number of rotatable bonds is 4. The van der Waals surface area contributed by atoms with E-state index in [1.54, 1.807) is 12.1 Å². The van der Waals surface area contributed by atoms with Gasteiger partial charge in [-0.2, -0.15) is 13.2 Å². The fourth-order valence-electron chi connectivity index (χ4n) is 3.01. The maximum atomic E-state index is 14.6. The summed E-state index contributed by atoms with van der Waals surface area (Å²) in [5.41, 5.74) is -0.250. The molecule has 0 unspecified atom stereocenters. The van der Waals surface area contributed by atoms with Gasteiger partial charge in [0.05, 0.1) is 5.56 Å². The van der Waals surface area contributed by atoms with Crippen LogP contribution in [-0.2, 0) is 6.42 Å². The normalized spacial score (nSPS) is 12.0. The molecule has 0 aliphatic carbocycles. The minimum Gasteiger partial charge on any atom is -0.206 e. The van der Waals surface area contributed by atoms with Crippen LogP contribution in [0.1, 0.15) is 18.1 Å². The lowest BCUT2D eigenvalue weighted by Gasteiger charge is -2.11. The smallest absolute Gasteiger partial charge is 0.206 e. The number of benzene rings is 3. The minimum atomic E-state index is -4.76. The van der Waals surface area contributed by atoms with Crippen molar-refractivity contribution in [3.05, 3.63) is 89.0 Å². The Morgan fingerprint density at radius 3 is 1.67 bits per heavy atom. The van der Waals surface area contributed by atoms with Crippen LogP contribution in [0.2, 0.25) is 0 Å². The van der Waals surface area contributed by atoms with Crippen LogP contribution in [0.15, 0.2) is 54.6 Å². The summed E-state index contributed by atoms with van der Waals surface area (Å²) in [6, 6.07) is 10.3. The molecule has 3 aromatic carbocycles. The molecule has 0 fully saturated rings. The monoisotopic (exact) mass is 424 g/mol. The van der Waals surface area contributed by atoms with E-state index in [1.165, 1.54) is 0 Å². The Bertz CT molecular complexity index is 1050. The number of hydrogen-bond acceptors (Lipinski definition) is 0. The van der Waals surface area contributed by atoms with Gasteiger partial charge in [0.15, 0.2) is 0 Å². The third-order valence-corrected chi connectivity index (χ3v) is 4.54. The quantitative estimate of drug-likeness (QED) is 0.376. The van der Waals surface area contributed by atoms with Gasteiger partial charge in [-0.1, -0.05) is 31.2 Å². The summed E-state index contributed by atoms with van der Waals surface area (Å²) in [6.45, 7) is 1.96. The molecule has 7 heteroatoms. The first-order valence-corrected chi connectivity index (χ1v) is 8.92. The summed E-state index contributed by atoms with van der Waals surface area (Å²) in [4.78, 5) is 0. The van der Waals surface area contributed by atoms with Gasteiger partial charge in [0.2, 0.25) is 0 Å². The van der Waals surface area contributed by atoms with Crippen LogP contribution in [-0.4, -0.2) is 6.18 Å². The molecule has 0 amide bonds. The molecule has 0 aromatic heterocycles. The average molecular weight is 424 g/mol. The Labute approximate surface area is 168 Å². The second-order valence-electron chi connectivity index (χ2n) is 6.59. The second kappa shape index (κ2) is 8.34. The van der Waals surface area contributed by atoms with Crippen LogP contribution < -0.4 is 0 Å². The van der Waals surface area contributed by atoms with Gasteiger partial charge >= 0.3 is 6.18 Å². The molecule has 0 radical (unpaired) electrons. The predicted octanol–water partition coefficient (Wildman–Crippen LogP) is 7.71. The molecule has 0 N–H and O–H groups in total. The first kappa shape index (κ1) is 21.6. The summed E-state index contributed by atoms with van der Waals surface area (Å²) >= 11 is 0. The van der Waals surface area contributed by atoms with E-state index in [0.29, 0.717) is 17.7 Å². The molecule has 0 heterocycles. The first-order chi connectivity index (χ1) is 14.1. The zero-order valence-corrected chi connectivity index (χ0v) is 15.6. The topological polar surface area (TPSA) is 0 Å². The molecule has 0 saturated carbocycles. The Kier molecular flexibility index (Phi) is 6.01. The van der Waals surface area contributed by atoms with E-state index < -0.39 is 46.1 Å². The molecule has 0 spiro atoms. The van der Waals surface area contributed by atoms with Crippen molar-refractivity contribution in [3.63, 3.8) is 0 Å². The van der Waals surface area contributed by atoms with Gasteiger partial charge in [0.1, 0.15) is 23.3 Å². The largest absolute Gasteiger partial charge is 0.409 e. The van der Waals surface area contributed by atoms with Crippen molar-refractivity contribution in [3.8, 4) is 22.3 Å². The van der Waals surface area contributed by atoms with E-state index in [4.69, 9.17) is 0 Å². The molecule has 0 nitrogen and oxygen atoms in total. The number of alkyl halides is 3. The Balaban J connectivity index is 2.02. The van der Waals surface area contributed by atoms with Crippen LogP contribution >= 0.6 is 0 Å². The lowest BCUT2D eigenvalue weighted by Crippen LogP contribution is -2.01. The molecule has 0 aliphatic heterocycles. The highest BCUT2D eigenvalue weighted by Gasteiger charge is 2.23. The fourth-order valence-corrected chi connectivity index (χ4v) is 3.01. The molecule has 0 atom stereocenters. The Hall–Kier alpha value is -3.09. The van der Waals surface area contributed by atoms with Crippen LogP contribution in [0.25, 0.3) is 28.3 Å². The highest BCUT2D eigenvalue weighted by Crippen LogP contribution is 2.33. The zero-order chi connectivity index (χ0) is 22.1. The Morgan fingerprint density at radius 1 is 0.700 bits per heavy atom. The molecular formula is C23H15F7. The molecule has 30 heavy (non-hydrogen) atoms. The molecule has 3 rings (SSSR count). The fraction of sp³-hybridized carbons (Fsp3) is 0.130. The summed E-state index contributed by atoms with van der Waals surface area (Å²) < 4.78 is 94.3. The van der Waals surface area contributed by atoms with Crippen molar-refractivity contribution in [2.24, 2.45) is 0 Å². The SMILES string of the molecule is CCc1ccc(-c2cc(F)c(-c3cc(F)c(C=CC(F)(F)F)c(F)c3)c(F)c2)cc1. The van der Waals surface area contributed by atoms with E-state index in [-0.39, 0.29) is 17.7 Å². The maximum absolute atomic E-state index is 14.6. The third kappa shape index (κ3) is 4.72. The summed E-state index contributed by atoms with van der Waals surface area (Å²) in [7, 11) is 0. The van der Waals surface area contributed by atoms with Gasteiger partial charge in [-0.15, -0.1) is 0 Å². The summed E-state index contributed by atoms with van der Waals surface area (Å²) in [5, 5.41) is 0. The zero-order valence-electron chi connectivity index (χ0n) is 15.6. The summed E-state index contributed by atoms with van der Waals surface area (Å²) in [5.74, 6) is -4.85. The lowest BCUT2D eigenvalue weighted by atomic mass is 9.97. The van der Waals surface area contributed by atoms with Gasteiger partial charge < -0.3 is 0 Å². The Morgan fingerprint density at radius 2 is 1.20 bits per heavy atom. The van der Waals surface area contributed by atoms with Crippen LogP contribution in [0.5, 0.6) is 0 Å². The minimum absolute atomic E-state index is 0.226. The van der Waals surface area contributed by atoms with Gasteiger partial charge in [0.25, 0.3) is 0 Å². The molecule has 0 aliphatic rings. The molecular weight excluding hydrogens is 409 g/mol. The summed E-state index contributed by atoms with van der Waals surface area (Å²) in [6.07, 6.45) is -4.06. The van der Waals surface area contributed by atoms with E-state index in [9.17, 15) is 30.7 Å². The predicted molar refractivity (Wildman–Crippen MR) is 102 cm³/mol. The number of allylic oxidation sites excluding steroid dienone is 1. The molecule has 156 valence electrons. The highest BCUT2D eigenvalue weighted by atomic mass is 19.4. The third-order valence-electron chi connectivity index (χ3n) is 4.54. The van der Waals surface area contributed by atoms with Gasteiger partial charge in [-0.25, -0.2) is 17.6 Å². The van der Waals surface area contributed by atoms with Crippen molar-refractivity contribution < 1.29 is 30.7 Å². The standard InChI is InChI=1S/C23H15F7/c1-2-13-3-5-14(6-4-13)15-9-20(26)22(21(27)10-15)16-11-18(24)17(19(25)12-16)7-8-23(28,29)30/h3-12H,2H2,1H3. The number of hydrogen-bond donors (Lipinski definition) is 0. The van der Waals surface area contributed by atoms with Crippen molar-refractivity contribution in [2.45, 2.75) is 19.5 Å². The van der Waals surface area contributed by atoms with Gasteiger partial charge in [-0.3, -0.25) is 0 Å². The highest BCUT2D eigenvalue weighted by molar-refractivity contribution is 5.73. The molecule has 0 bridgehead atoms.